The maximum Gasteiger partial charge on any atom is 0.175 e. The number of hydrogen-bond acceptors (Lipinski definition) is 3. The largest absolute Gasteiger partial charge is 0.293 e. The summed E-state index contributed by atoms with van der Waals surface area (Å²) in [5.41, 5.74) is 4.64. The number of Topliss-reactive ketones (excluding diaryl/α,β-unsaturated/α-hetero) is 1. The van der Waals surface area contributed by atoms with Gasteiger partial charge in [0.05, 0.1) is 10.6 Å². The third kappa shape index (κ3) is 2.31. The average molecular weight is 285 g/mol. The highest BCUT2D eigenvalue weighted by Crippen LogP contribution is 2.40. The summed E-state index contributed by atoms with van der Waals surface area (Å²) in [4.78, 5) is 17.9. The number of aromatic nitrogens is 1. The molecule has 2 aromatic rings. The van der Waals surface area contributed by atoms with Crippen LogP contribution in [0.2, 0.25) is 0 Å². The fourth-order valence-corrected chi connectivity index (χ4v) is 3.90. The Morgan fingerprint density at radius 2 is 1.95 bits per heavy atom. The first kappa shape index (κ1) is 13.5. The van der Waals surface area contributed by atoms with Crippen LogP contribution in [-0.2, 0) is 6.42 Å². The lowest BCUT2D eigenvalue weighted by molar-refractivity contribution is 0.0916. The second-order valence-electron chi connectivity index (χ2n) is 6.55. The highest BCUT2D eigenvalue weighted by atomic mass is 32.1. The van der Waals surface area contributed by atoms with Crippen LogP contribution in [0.5, 0.6) is 0 Å². The van der Waals surface area contributed by atoms with Gasteiger partial charge in [-0.3, -0.25) is 4.79 Å². The number of carbonyl (C=O) groups excluding carboxylic acids is 1. The minimum atomic E-state index is 0.0388. The van der Waals surface area contributed by atoms with Crippen molar-refractivity contribution in [1.29, 1.82) is 0 Å². The zero-order valence-electron chi connectivity index (χ0n) is 12.4. The van der Waals surface area contributed by atoms with Crippen LogP contribution >= 0.6 is 11.3 Å². The van der Waals surface area contributed by atoms with Gasteiger partial charge in [-0.2, -0.15) is 0 Å². The van der Waals surface area contributed by atoms with Crippen LogP contribution in [-0.4, -0.2) is 10.8 Å². The standard InChI is InChI=1S/C17H19NOS/c1-10-5-6-11(2)12(7-10)16-18-13-8-17(3,4)9-14(19)15(13)20-16/h5-7H,8-9H2,1-4H3. The van der Waals surface area contributed by atoms with Crippen LogP contribution in [0.15, 0.2) is 18.2 Å². The van der Waals surface area contributed by atoms with Crippen LogP contribution < -0.4 is 0 Å². The first-order chi connectivity index (χ1) is 9.35. The van der Waals surface area contributed by atoms with E-state index in [0.29, 0.717) is 6.42 Å². The summed E-state index contributed by atoms with van der Waals surface area (Å²) >= 11 is 1.56. The lowest BCUT2D eigenvalue weighted by Crippen LogP contribution is -2.25. The van der Waals surface area contributed by atoms with E-state index in [4.69, 9.17) is 4.98 Å². The van der Waals surface area contributed by atoms with Gasteiger partial charge in [-0.15, -0.1) is 11.3 Å². The van der Waals surface area contributed by atoms with Gasteiger partial charge in [-0.1, -0.05) is 31.5 Å². The lowest BCUT2D eigenvalue weighted by Gasteiger charge is -2.26. The highest BCUT2D eigenvalue weighted by Gasteiger charge is 2.34. The Bertz CT molecular complexity index is 697. The molecule has 104 valence electrons. The van der Waals surface area contributed by atoms with Crippen molar-refractivity contribution < 1.29 is 4.79 Å². The van der Waals surface area contributed by atoms with Gasteiger partial charge in [0.15, 0.2) is 5.78 Å². The van der Waals surface area contributed by atoms with Crippen molar-refractivity contribution in [2.24, 2.45) is 5.41 Å². The SMILES string of the molecule is Cc1ccc(C)c(-c2nc3c(s2)C(=O)CC(C)(C)C3)c1. The van der Waals surface area contributed by atoms with Gasteiger partial charge in [0.25, 0.3) is 0 Å². The maximum absolute atomic E-state index is 12.3. The van der Waals surface area contributed by atoms with E-state index in [2.05, 4.69) is 45.9 Å². The molecule has 0 saturated heterocycles. The van der Waals surface area contributed by atoms with Crippen molar-refractivity contribution in [3.05, 3.63) is 39.9 Å². The number of carbonyl (C=O) groups is 1. The Morgan fingerprint density at radius 3 is 2.70 bits per heavy atom. The second-order valence-corrected chi connectivity index (χ2v) is 7.55. The Balaban J connectivity index is 2.10. The predicted molar refractivity (Wildman–Crippen MR) is 83.5 cm³/mol. The average Bonchev–Trinajstić information content (AvgIpc) is 2.74. The molecule has 3 heteroatoms. The number of rotatable bonds is 1. The Kier molecular flexibility index (Phi) is 3.05. The van der Waals surface area contributed by atoms with Crippen molar-refractivity contribution in [2.75, 3.05) is 0 Å². The third-order valence-electron chi connectivity index (χ3n) is 3.86. The van der Waals surface area contributed by atoms with Gasteiger partial charge in [-0.05, 0) is 37.3 Å². The lowest BCUT2D eigenvalue weighted by atomic mass is 9.78. The molecule has 1 aliphatic carbocycles. The number of ketones is 1. The fourth-order valence-electron chi connectivity index (χ4n) is 2.80. The molecule has 3 rings (SSSR count). The van der Waals surface area contributed by atoms with E-state index in [1.165, 1.54) is 11.1 Å². The van der Waals surface area contributed by atoms with E-state index in [1.54, 1.807) is 11.3 Å². The van der Waals surface area contributed by atoms with E-state index < -0.39 is 0 Å². The van der Waals surface area contributed by atoms with Crippen molar-refractivity contribution in [3.8, 4) is 10.6 Å². The van der Waals surface area contributed by atoms with Crippen LogP contribution in [0.4, 0.5) is 0 Å². The number of thiazole rings is 1. The molecule has 0 fully saturated rings. The van der Waals surface area contributed by atoms with E-state index in [1.807, 2.05) is 0 Å². The number of aryl methyl sites for hydroxylation is 2. The molecule has 0 radical (unpaired) electrons. The van der Waals surface area contributed by atoms with E-state index in [9.17, 15) is 4.79 Å². The van der Waals surface area contributed by atoms with Gasteiger partial charge in [0.1, 0.15) is 5.01 Å². The molecular weight excluding hydrogens is 266 g/mol. The van der Waals surface area contributed by atoms with Crippen LogP contribution in [0.3, 0.4) is 0 Å². The topological polar surface area (TPSA) is 30.0 Å². The van der Waals surface area contributed by atoms with Gasteiger partial charge in [0.2, 0.25) is 0 Å². The number of benzene rings is 1. The molecule has 1 heterocycles. The zero-order valence-corrected chi connectivity index (χ0v) is 13.2. The zero-order chi connectivity index (χ0) is 14.5. The fraction of sp³-hybridized carbons (Fsp3) is 0.412. The molecular formula is C17H19NOS. The van der Waals surface area contributed by atoms with Crippen molar-refractivity contribution >= 4 is 17.1 Å². The molecule has 0 N–H and O–H groups in total. The Labute approximate surface area is 123 Å². The van der Waals surface area contributed by atoms with Gasteiger partial charge in [-0.25, -0.2) is 4.98 Å². The number of fused-ring (bicyclic) bond motifs is 1. The minimum Gasteiger partial charge on any atom is -0.293 e. The molecule has 0 bridgehead atoms. The molecule has 1 aromatic heterocycles. The summed E-state index contributed by atoms with van der Waals surface area (Å²) < 4.78 is 0. The molecule has 20 heavy (non-hydrogen) atoms. The first-order valence-corrected chi connectivity index (χ1v) is 7.78. The Hall–Kier alpha value is -1.48. The molecule has 0 saturated carbocycles. The first-order valence-electron chi connectivity index (χ1n) is 6.96. The van der Waals surface area contributed by atoms with Crippen molar-refractivity contribution in [1.82, 2.24) is 4.98 Å². The summed E-state index contributed by atoms with van der Waals surface area (Å²) in [5.74, 6) is 0.255. The summed E-state index contributed by atoms with van der Waals surface area (Å²) in [6, 6.07) is 6.40. The maximum atomic E-state index is 12.3. The van der Waals surface area contributed by atoms with Gasteiger partial charge in [0, 0.05) is 12.0 Å². The summed E-state index contributed by atoms with van der Waals surface area (Å²) in [5, 5.41) is 0.988. The molecule has 0 unspecified atom stereocenters. The van der Waals surface area contributed by atoms with E-state index >= 15 is 0 Å². The van der Waals surface area contributed by atoms with Gasteiger partial charge < -0.3 is 0 Å². The van der Waals surface area contributed by atoms with E-state index in [0.717, 1.165) is 27.6 Å². The highest BCUT2D eigenvalue weighted by molar-refractivity contribution is 7.17. The molecule has 0 aliphatic heterocycles. The predicted octanol–water partition coefficient (Wildman–Crippen LogP) is 4.58. The van der Waals surface area contributed by atoms with Gasteiger partial charge >= 0.3 is 0 Å². The quantitative estimate of drug-likeness (QED) is 0.767. The smallest absolute Gasteiger partial charge is 0.175 e. The summed E-state index contributed by atoms with van der Waals surface area (Å²) in [6.07, 6.45) is 1.53. The normalized spacial score (nSPS) is 17.1. The summed E-state index contributed by atoms with van der Waals surface area (Å²) in [7, 11) is 0. The van der Waals surface area contributed by atoms with Crippen molar-refractivity contribution in [2.45, 2.75) is 40.5 Å². The molecule has 1 aliphatic rings. The van der Waals surface area contributed by atoms with Crippen molar-refractivity contribution in [3.63, 3.8) is 0 Å². The molecule has 0 spiro atoms. The molecule has 0 atom stereocenters. The monoisotopic (exact) mass is 285 g/mol. The van der Waals surface area contributed by atoms with E-state index in [-0.39, 0.29) is 11.2 Å². The molecule has 0 amide bonds. The van der Waals surface area contributed by atoms with Crippen LogP contribution in [0.25, 0.3) is 10.6 Å². The summed E-state index contributed by atoms with van der Waals surface area (Å²) in [6.45, 7) is 8.47. The van der Waals surface area contributed by atoms with Crippen LogP contribution in [0, 0.1) is 19.3 Å². The van der Waals surface area contributed by atoms with Crippen LogP contribution in [0.1, 0.15) is 46.8 Å². The molecule has 1 aromatic carbocycles. The second kappa shape index (κ2) is 4.52. The number of hydrogen-bond donors (Lipinski definition) is 0. The third-order valence-corrected chi connectivity index (χ3v) is 5.03. The molecule has 2 nitrogen and oxygen atoms in total. The minimum absolute atomic E-state index is 0.0388. The number of nitrogens with zero attached hydrogens (tertiary/aromatic N) is 1. The Morgan fingerprint density at radius 1 is 1.20 bits per heavy atom.